The molecule has 2 aromatic rings. The molecule has 0 aliphatic carbocycles. The Morgan fingerprint density at radius 3 is 2.88 bits per heavy atom. The summed E-state index contributed by atoms with van der Waals surface area (Å²) < 4.78 is 15.0. The van der Waals surface area contributed by atoms with E-state index in [1.807, 2.05) is 6.92 Å². The summed E-state index contributed by atoms with van der Waals surface area (Å²) in [4.78, 5) is 12.3. The highest BCUT2D eigenvalue weighted by Gasteiger charge is 2.20. The Hall–Kier alpha value is -1.89. The normalized spacial score (nSPS) is 15.3. The molecule has 5 nitrogen and oxygen atoms in total. The number of carbonyl (C=O) groups is 1. The minimum Gasteiger partial charge on any atom is -0.355 e. The van der Waals surface area contributed by atoms with Gasteiger partial charge in [-0.3, -0.25) is 4.79 Å². The first-order chi connectivity index (χ1) is 12.1. The van der Waals surface area contributed by atoms with Crippen LogP contribution >= 0.6 is 11.8 Å². The third kappa shape index (κ3) is 4.81. The van der Waals surface area contributed by atoms with Crippen LogP contribution in [0.1, 0.15) is 37.6 Å². The van der Waals surface area contributed by atoms with Crippen LogP contribution in [0.4, 0.5) is 4.39 Å². The van der Waals surface area contributed by atoms with Gasteiger partial charge in [-0.2, -0.15) is 0 Å². The molecule has 1 amide bonds. The Balaban J connectivity index is 1.49. The highest BCUT2D eigenvalue weighted by atomic mass is 32.2. The summed E-state index contributed by atoms with van der Waals surface area (Å²) in [7, 11) is 0. The van der Waals surface area contributed by atoms with E-state index in [4.69, 9.17) is 0 Å². The Morgan fingerprint density at radius 2 is 2.08 bits per heavy atom. The summed E-state index contributed by atoms with van der Waals surface area (Å²) in [6.45, 7) is 3.35. The van der Waals surface area contributed by atoms with Gasteiger partial charge in [0, 0.05) is 19.5 Å². The van der Waals surface area contributed by atoms with Gasteiger partial charge in [0.2, 0.25) is 5.91 Å². The molecule has 1 aromatic carbocycles. The number of hydrogen-bond donors (Lipinski definition) is 1. The van der Waals surface area contributed by atoms with Crippen LogP contribution in [-0.2, 0) is 24.2 Å². The number of halogens is 1. The number of aromatic nitrogens is 3. The van der Waals surface area contributed by atoms with Gasteiger partial charge in [0.05, 0.1) is 5.25 Å². The van der Waals surface area contributed by atoms with Crippen molar-refractivity contribution in [2.45, 2.75) is 56.0 Å². The highest BCUT2D eigenvalue weighted by molar-refractivity contribution is 8.00. The molecule has 1 atom stereocenters. The zero-order valence-corrected chi connectivity index (χ0v) is 15.2. The first-order valence-corrected chi connectivity index (χ1v) is 9.62. The summed E-state index contributed by atoms with van der Waals surface area (Å²) >= 11 is 1.46. The van der Waals surface area contributed by atoms with Crippen molar-refractivity contribution in [3.05, 3.63) is 41.5 Å². The van der Waals surface area contributed by atoms with Gasteiger partial charge in [0.25, 0.3) is 0 Å². The topological polar surface area (TPSA) is 59.8 Å². The minimum atomic E-state index is -0.245. The Bertz CT molecular complexity index is 716. The average Bonchev–Trinajstić information content (AvgIpc) is 2.83. The van der Waals surface area contributed by atoms with E-state index in [0.29, 0.717) is 13.0 Å². The van der Waals surface area contributed by atoms with Crippen molar-refractivity contribution in [1.29, 1.82) is 0 Å². The van der Waals surface area contributed by atoms with Crippen LogP contribution in [0.3, 0.4) is 0 Å². The number of benzene rings is 1. The highest BCUT2D eigenvalue weighted by Crippen LogP contribution is 2.25. The molecule has 25 heavy (non-hydrogen) atoms. The zero-order chi connectivity index (χ0) is 17.6. The van der Waals surface area contributed by atoms with Crippen molar-refractivity contribution in [1.82, 2.24) is 20.1 Å². The van der Waals surface area contributed by atoms with E-state index in [2.05, 4.69) is 20.1 Å². The number of nitrogens with one attached hydrogen (secondary N) is 1. The largest absolute Gasteiger partial charge is 0.355 e. The van der Waals surface area contributed by atoms with E-state index < -0.39 is 0 Å². The van der Waals surface area contributed by atoms with Gasteiger partial charge in [-0.1, -0.05) is 30.3 Å². The van der Waals surface area contributed by atoms with Crippen LogP contribution in [0.25, 0.3) is 0 Å². The van der Waals surface area contributed by atoms with Crippen LogP contribution in [0.15, 0.2) is 29.4 Å². The number of amides is 1. The molecule has 3 rings (SSSR count). The van der Waals surface area contributed by atoms with Gasteiger partial charge in [0.1, 0.15) is 11.6 Å². The predicted molar refractivity (Wildman–Crippen MR) is 96.0 cm³/mol. The first-order valence-electron chi connectivity index (χ1n) is 8.74. The Labute approximate surface area is 151 Å². The first kappa shape index (κ1) is 17.9. The molecule has 0 saturated heterocycles. The SMILES string of the molecule is C[C@H](Sc1nnc2n1CCCCC2)C(=O)NCCc1ccc(F)cc1. The van der Waals surface area contributed by atoms with E-state index >= 15 is 0 Å². The van der Waals surface area contributed by atoms with E-state index in [1.54, 1.807) is 12.1 Å². The van der Waals surface area contributed by atoms with Gasteiger partial charge >= 0.3 is 0 Å². The summed E-state index contributed by atoms with van der Waals surface area (Å²) in [5.41, 5.74) is 1.00. The number of rotatable bonds is 6. The van der Waals surface area contributed by atoms with Crippen LogP contribution in [0.5, 0.6) is 0 Å². The fraction of sp³-hybridized carbons (Fsp3) is 0.500. The van der Waals surface area contributed by atoms with Crippen molar-refractivity contribution in [3.8, 4) is 0 Å². The maximum atomic E-state index is 12.9. The fourth-order valence-corrected chi connectivity index (χ4v) is 3.80. The lowest BCUT2D eigenvalue weighted by atomic mass is 10.1. The van der Waals surface area contributed by atoms with E-state index in [9.17, 15) is 9.18 Å². The quantitative estimate of drug-likeness (QED) is 0.803. The lowest BCUT2D eigenvalue weighted by molar-refractivity contribution is -0.120. The maximum absolute atomic E-state index is 12.9. The van der Waals surface area contributed by atoms with Gasteiger partial charge in [-0.15, -0.1) is 10.2 Å². The second-order valence-electron chi connectivity index (χ2n) is 6.29. The smallest absolute Gasteiger partial charge is 0.233 e. The van der Waals surface area contributed by atoms with Crippen molar-refractivity contribution in [2.75, 3.05) is 6.54 Å². The molecule has 0 radical (unpaired) electrons. The van der Waals surface area contributed by atoms with E-state index in [-0.39, 0.29) is 17.0 Å². The molecule has 0 spiro atoms. The molecule has 0 bridgehead atoms. The van der Waals surface area contributed by atoms with Gasteiger partial charge in [-0.25, -0.2) is 4.39 Å². The van der Waals surface area contributed by atoms with Crippen LogP contribution < -0.4 is 5.32 Å². The molecular formula is C18H23FN4OS. The van der Waals surface area contributed by atoms with Crippen LogP contribution in [0.2, 0.25) is 0 Å². The molecule has 134 valence electrons. The Kier molecular flexibility index (Phi) is 6.07. The molecule has 0 fully saturated rings. The average molecular weight is 362 g/mol. The summed E-state index contributed by atoms with van der Waals surface area (Å²) in [5, 5.41) is 12.1. The van der Waals surface area contributed by atoms with Crippen LogP contribution in [-0.4, -0.2) is 32.5 Å². The second-order valence-corrected chi connectivity index (χ2v) is 7.60. The number of fused-ring (bicyclic) bond motifs is 1. The van der Waals surface area contributed by atoms with E-state index in [1.165, 1.54) is 30.3 Å². The summed E-state index contributed by atoms with van der Waals surface area (Å²) in [6.07, 6.45) is 5.15. The fourth-order valence-electron chi connectivity index (χ4n) is 2.88. The number of thioether (sulfide) groups is 1. The third-order valence-electron chi connectivity index (χ3n) is 4.35. The molecule has 7 heteroatoms. The van der Waals surface area contributed by atoms with Crippen molar-refractivity contribution < 1.29 is 9.18 Å². The standard InChI is InChI=1S/C18H23FN4OS/c1-13(17(24)20-11-10-14-6-8-15(19)9-7-14)25-18-22-21-16-5-3-2-4-12-23(16)18/h6-9,13H,2-5,10-12H2,1H3,(H,20,24)/t13-/m0/s1. The minimum absolute atomic E-state index is 0.0157. The molecule has 0 unspecified atom stereocenters. The summed E-state index contributed by atoms with van der Waals surface area (Å²) in [6, 6.07) is 6.36. The number of carbonyl (C=O) groups excluding carboxylic acids is 1. The number of nitrogens with zero attached hydrogens (tertiary/aromatic N) is 3. The maximum Gasteiger partial charge on any atom is 0.233 e. The number of hydrogen-bond acceptors (Lipinski definition) is 4. The van der Waals surface area contributed by atoms with E-state index in [0.717, 1.165) is 42.4 Å². The molecule has 1 aromatic heterocycles. The monoisotopic (exact) mass is 362 g/mol. The summed E-state index contributed by atoms with van der Waals surface area (Å²) in [5.74, 6) is 0.771. The van der Waals surface area contributed by atoms with Crippen LogP contribution in [0, 0.1) is 5.82 Å². The Morgan fingerprint density at radius 1 is 1.28 bits per heavy atom. The molecule has 1 aliphatic rings. The molecule has 1 aliphatic heterocycles. The van der Waals surface area contributed by atoms with Crippen molar-refractivity contribution in [3.63, 3.8) is 0 Å². The zero-order valence-electron chi connectivity index (χ0n) is 14.4. The van der Waals surface area contributed by atoms with Gasteiger partial charge in [0.15, 0.2) is 5.16 Å². The lowest BCUT2D eigenvalue weighted by Gasteiger charge is -2.12. The predicted octanol–water partition coefficient (Wildman–Crippen LogP) is 2.98. The molecule has 2 heterocycles. The van der Waals surface area contributed by atoms with Crippen molar-refractivity contribution in [2.24, 2.45) is 0 Å². The van der Waals surface area contributed by atoms with Gasteiger partial charge < -0.3 is 9.88 Å². The third-order valence-corrected chi connectivity index (χ3v) is 5.43. The molecule has 1 N–H and O–H groups in total. The lowest BCUT2D eigenvalue weighted by Crippen LogP contribution is -2.32. The second kappa shape index (κ2) is 8.47. The number of aryl methyl sites for hydroxylation is 1. The van der Waals surface area contributed by atoms with Crippen molar-refractivity contribution >= 4 is 17.7 Å². The molecule has 0 saturated carbocycles. The van der Waals surface area contributed by atoms with Gasteiger partial charge in [-0.05, 0) is 43.9 Å². The molecular weight excluding hydrogens is 339 g/mol.